The molecule has 3 aromatic rings. The number of anilines is 1. The van der Waals surface area contributed by atoms with Crippen LogP contribution in [-0.4, -0.2) is 5.16 Å². The zero-order valence-electron chi connectivity index (χ0n) is 10.6. The van der Waals surface area contributed by atoms with Crippen LogP contribution in [0.3, 0.4) is 0 Å². The molecule has 0 aliphatic heterocycles. The first kappa shape index (κ1) is 13.6. The van der Waals surface area contributed by atoms with Crippen molar-refractivity contribution in [1.29, 1.82) is 0 Å². The number of benzene rings is 2. The fourth-order valence-electron chi connectivity index (χ4n) is 2.04. The van der Waals surface area contributed by atoms with E-state index in [1.54, 1.807) is 24.3 Å². The maximum absolute atomic E-state index is 13.4. The number of hydrogen-bond donors (Lipinski definition) is 1. The first-order chi connectivity index (χ1) is 10.1. The summed E-state index contributed by atoms with van der Waals surface area (Å²) in [6.07, 6.45) is 0. The zero-order valence-corrected chi connectivity index (χ0v) is 11.4. The van der Waals surface area contributed by atoms with Gasteiger partial charge in [0.2, 0.25) is 5.88 Å². The summed E-state index contributed by atoms with van der Waals surface area (Å²) in [4.78, 5) is 0. The Hall–Kier alpha value is -2.40. The Bertz CT molecular complexity index is 800. The number of aromatic nitrogens is 1. The van der Waals surface area contributed by atoms with Crippen LogP contribution in [0.2, 0.25) is 5.02 Å². The molecule has 0 saturated heterocycles. The highest BCUT2D eigenvalue weighted by Gasteiger charge is 2.18. The minimum Gasteiger partial charge on any atom is -0.367 e. The van der Waals surface area contributed by atoms with Crippen LogP contribution >= 0.6 is 11.6 Å². The lowest BCUT2D eigenvalue weighted by atomic mass is 10.0. The van der Waals surface area contributed by atoms with Gasteiger partial charge in [-0.3, -0.25) is 0 Å². The quantitative estimate of drug-likeness (QED) is 0.757. The van der Waals surface area contributed by atoms with Gasteiger partial charge in [0.05, 0.1) is 5.56 Å². The molecule has 0 aliphatic rings. The van der Waals surface area contributed by atoms with Crippen molar-refractivity contribution in [2.24, 2.45) is 0 Å². The van der Waals surface area contributed by atoms with Gasteiger partial charge in [-0.2, -0.15) is 0 Å². The summed E-state index contributed by atoms with van der Waals surface area (Å²) in [6, 6.07) is 10.4. The topological polar surface area (TPSA) is 52.0 Å². The summed E-state index contributed by atoms with van der Waals surface area (Å²) < 4.78 is 31.4. The van der Waals surface area contributed by atoms with E-state index in [1.807, 2.05) is 0 Å². The van der Waals surface area contributed by atoms with Crippen LogP contribution in [0, 0.1) is 11.6 Å². The minimum atomic E-state index is -0.962. The third-order valence-electron chi connectivity index (χ3n) is 3.04. The van der Waals surface area contributed by atoms with Crippen LogP contribution in [0.15, 0.2) is 47.0 Å². The molecule has 0 radical (unpaired) electrons. The Kier molecular flexibility index (Phi) is 3.35. The van der Waals surface area contributed by atoms with Gasteiger partial charge in [0, 0.05) is 10.6 Å². The van der Waals surface area contributed by atoms with Crippen LogP contribution in [0.4, 0.5) is 14.7 Å². The van der Waals surface area contributed by atoms with Crippen molar-refractivity contribution in [1.82, 2.24) is 5.16 Å². The van der Waals surface area contributed by atoms with Gasteiger partial charge in [0.25, 0.3) is 0 Å². The maximum Gasteiger partial charge on any atom is 0.230 e. The van der Waals surface area contributed by atoms with E-state index in [1.165, 1.54) is 6.07 Å². The van der Waals surface area contributed by atoms with E-state index in [-0.39, 0.29) is 5.88 Å². The third-order valence-corrected chi connectivity index (χ3v) is 3.30. The lowest BCUT2D eigenvalue weighted by Crippen LogP contribution is -1.89. The molecular formula is C15H9ClF2N2O. The van der Waals surface area contributed by atoms with Gasteiger partial charge < -0.3 is 10.3 Å². The molecule has 0 fully saturated rings. The summed E-state index contributed by atoms with van der Waals surface area (Å²) in [5.41, 5.74) is 7.73. The Morgan fingerprint density at radius 3 is 2.29 bits per heavy atom. The fourth-order valence-corrected chi connectivity index (χ4v) is 2.16. The lowest BCUT2D eigenvalue weighted by Gasteiger charge is -2.03. The molecule has 0 aliphatic carbocycles. The predicted molar refractivity (Wildman–Crippen MR) is 76.7 cm³/mol. The third kappa shape index (κ3) is 2.48. The highest BCUT2D eigenvalue weighted by Crippen LogP contribution is 2.36. The molecule has 0 atom stereocenters. The fraction of sp³-hybridized carbons (Fsp3) is 0. The average molecular weight is 307 g/mol. The van der Waals surface area contributed by atoms with Crippen molar-refractivity contribution in [2.45, 2.75) is 0 Å². The van der Waals surface area contributed by atoms with Crippen molar-refractivity contribution in [3.05, 3.63) is 59.1 Å². The van der Waals surface area contributed by atoms with Gasteiger partial charge in [-0.15, -0.1) is 0 Å². The molecule has 0 spiro atoms. The summed E-state index contributed by atoms with van der Waals surface area (Å²) >= 11 is 5.85. The molecule has 6 heteroatoms. The van der Waals surface area contributed by atoms with E-state index >= 15 is 0 Å². The molecule has 1 heterocycles. The van der Waals surface area contributed by atoms with E-state index < -0.39 is 11.6 Å². The molecule has 21 heavy (non-hydrogen) atoms. The van der Waals surface area contributed by atoms with Crippen LogP contribution in [0.1, 0.15) is 0 Å². The molecule has 3 nitrogen and oxygen atoms in total. The predicted octanol–water partition coefficient (Wildman–Crippen LogP) is 4.52. The van der Waals surface area contributed by atoms with Crippen LogP contribution in [-0.2, 0) is 0 Å². The van der Waals surface area contributed by atoms with Crippen LogP contribution in [0.5, 0.6) is 0 Å². The maximum atomic E-state index is 13.4. The number of halogens is 3. The Morgan fingerprint density at radius 1 is 0.952 bits per heavy atom. The number of nitrogen functional groups attached to an aromatic ring is 1. The van der Waals surface area contributed by atoms with E-state index in [2.05, 4.69) is 5.16 Å². The van der Waals surface area contributed by atoms with Crippen molar-refractivity contribution in [2.75, 3.05) is 5.73 Å². The first-order valence-corrected chi connectivity index (χ1v) is 6.40. The van der Waals surface area contributed by atoms with Crippen LogP contribution in [0.25, 0.3) is 22.4 Å². The minimum absolute atomic E-state index is 0.0945. The van der Waals surface area contributed by atoms with Gasteiger partial charge in [-0.25, -0.2) is 8.78 Å². The second-order valence-corrected chi connectivity index (χ2v) is 4.84. The first-order valence-electron chi connectivity index (χ1n) is 6.03. The van der Waals surface area contributed by atoms with Crippen molar-refractivity contribution in [3.8, 4) is 22.4 Å². The molecule has 0 unspecified atom stereocenters. The van der Waals surface area contributed by atoms with Gasteiger partial charge in [0.15, 0.2) is 11.6 Å². The van der Waals surface area contributed by atoms with E-state index in [9.17, 15) is 8.78 Å². The smallest absolute Gasteiger partial charge is 0.230 e. The SMILES string of the molecule is Nc1onc(-c2ccc(F)c(F)c2)c1-c1ccc(Cl)cc1. The molecule has 0 bridgehead atoms. The molecular weight excluding hydrogens is 298 g/mol. The van der Waals surface area contributed by atoms with Gasteiger partial charge in [-0.1, -0.05) is 28.9 Å². The molecule has 2 N–H and O–H groups in total. The molecule has 0 saturated carbocycles. The standard InChI is InChI=1S/C15H9ClF2N2O/c16-10-4-1-8(2-5-10)13-14(20-21-15(13)19)9-3-6-11(17)12(18)7-9/h1-7H,19H2. The number of rotatable bonds is 2. The Balaban J connectivity index is 2.16. The molecule has 2 aromatic carbocycles. The number of hydrogen-bond acceptors (Lipinski definition) is 3. The van der Waals surface area contributed by atoms with E-state index in [4.69, 9.17) is 21.9 Å². The van der Waals surface area contributed by atoms with Gasteiger partial charge >= 0.3 is 0 Å². The van der Waals surface area contributed by atoms with E-state index in [0.717, 1.165) is 17.7 Å². The largest absolute Gasteiger partial charge is 0.367 e. The summed E-state index contributed by atoms with van der Waals surface area (Å²) in [5, 5.41) is 4.41. The van der Waals surface area contributed by atoms with Crippen LogP contribution < -0.4 is 5.73 Å². The second-order valence-electron chi connectivity index (χ2n) is 4.41. The van der Waals surface area contributed by atoms with Crippen molar-refractivity contribution < 1.29 is 13.3 Å². The highest BCUT2D eigenvalue weighted by atomic mass is 35.5. The number of nitrogens with two attached hydrogens (primary N) is 1. The second kappa shape index (κ2) is 5.18. The highest BCUT2D eigenvalue weighted by molar-refractivity contribution is 6.30. The molecule has 1 aromatic heterocycles. The average Bonchev–Trinajstić information content (AvgIpc) is 2.85. The van der Waals surface area contributed by atoms with Crippen molar-refractivity contribution >= 4 is 17.5 Å². The number of nitrogens with zero attached hydrogens (tertiary/aromatic N) is 1. The monoisotopic (exact) mass is 306 g/mol. The molecule has 106 valence electrons. The lowest BCUT2D eigenvalue weighted by molar-refractivity contribution is 0.439. The molecule has 3 rings (SSSR count). The van der Waals surface area contributed by atoms with E-state index in [0.29, 0.717) is 21.8 Å². The Labute approximate surface area is 123 Å². The zero-order chi connectivity index (χ0) is 15.0. The summed E-state index contributed by atoms with van der Waals surface area (Å²) in [6.45, 7) is 0. The Morgan fingerprint density at radius 2 is 1.62 bits per heavy atom. The summed E-state index contributed by atoms with van der Waals surface area (Å²) in [5.74, 6) is -1.79. The normalized spacial score (nSPS) is 10.8. The van der Waals surface area contributed by atoms with Crippen molar-refractivity contribution in [3.63, 3.8) is 0 Å². The van der Waals surface area contributed by atoms with Gasteiger partial charge in [0.1, 0.15) is 5.69 Å². The molecule has 0 amide bonds. The summed E-state index contributed by atoms with van der Waals surface area (Å²) in [7, 11) is 0. The van der Waals surface area contributed by atoms with Gasteiger partial charge in [-0.05, 0) is 35.9 Å².